The molecule has 0 amide bonds. The van der Waals surface area contributed by atoms with Gasteiger partial charge in [-0.2, -0.15) is 0 Å². The number of aliphatic hydroxyl groups is 1. The highest BCUT2D eigenvalue weighted by Gasteiger charge is 2.40. The normalized spacial score (nSPS) is 10.3. The molecule has 132 valence electrons. The fraction of sp³-hybridized carbons (Fsp3) is 0.333. The van der Waals surface area contributed by atoms with Gasteiger partial charge < -0.3 is 26.2 Å². The zero-order chi connectivity index (χ0) is 19.1. The minimum Gasteiger partial charge on any atom is -0.481 e. The van der Waals surface area contributed by atoms with Crippen molar-refractivity contribution in [1.29, 1.82) is 0 Å². The Labute approximate surface area is 143 Å². The first-order valence-corrected chi connectivity index (χ1v) is 7.07. The summed E-state index contributed by atoms with van der Waals surface area (Å²) in [5, 5.41) is 33.8. The molecular weight excluding hydrogens is 338 g/mol. The Morgan fingerprint density at radius 2 is 1.54 bits per heavy atom. The van der Waals surface area contributed by atoms with Gasteiger partial charge in [-0.25, -0.2) is 4.79 Å². The molecule has 0 aromatic heterocycles. The molecule has 8 nitrogen and oxygen atoms in total. The highest BCUT2D eigenvalue weighted by Crippen LogP contribution is 2.15. The van der Waals surface area contributed by atoms with Crippen LogP contribution in [-0.4, -0.2) is 48.9 Å². The second kappa shape index (κ2) is 8.94. The van der Waals surface area contributed by atoms with Gasteiger partial charge in [0.1, 0.15) is 4.99 Å². The second-order valence-corrected chi connectivity index (χ2v) is 5.53. The molecule has 9 heteroatoms. The summed E-state index contributed by atoms with van der Waals surface area (Å²) >= 11 is 4.89. The number of benzene rings is 1. The molecule has 0 bridgehead atoms. The van der Waals surface area contributed by atoms with Crippen molar-refractivity contribution in [3.8, 4) is 0 Å². The van der Waals surface area contributed by atoms with Crippen molar-refractivity contribution >= 4 is 35.1 Å². The van der Waals surface area contributed by atoms with Crippen molar-refractivity contribution in [2.45, 2.75) is 32.3 Å². The first kappa shape index (κ1) is 21.5. The predicted molar refractivity (Wildman–Crippen MR) is 88.9 cm³/mol. The number of aliphatic carboxylic acids is 3. The molecule has 0 unspecified atom stereocenters. The van der Waals surface area contributed by atoms with Gasteiger partial charge in [0, 0.05) is 5.56 Å². The van der Waals surface area contributed by atoms with Crippen LogP contribution in [0.3, 0.4) is 0 Å². The molecule has 1 rings (SSSR count). The van der Waals surface area contributed by atoms with Crippen molar-refractivity contribution in [3.05, 3.63) is 34.9 Å². The summed E-state index contributed by atoms with van der Waals surface area (Å²) in [5.41, 5.74) is 6.17. The van der Waals surface area contributed by atoms with Crippen molar-refractivity contribution in [2.24, 2.45) is 5.73 Å². The van der Waals surface area contributed by atoms with Crippen LogP contribution in [0.2, 0.25) is 0 Å². The van der Waals surface area contributed by atoms with Gasteiger partial charge in [-0.1, -0.05) is 30.4 Å². The number of nitrogens with two attached hydrogens (primary N) is 1. The van der Waals surface area contributed by atoms with Crippen LogP contribution in [0, 0.1) is 13.8 Å². The molecule has 0 fully saturated rings. The standard InChI is InChI=1S/C9H11NS.C6H8O7/c1-6-4-3-5-8(7(6)2)9(10)11;7-3(8)1-6(13,5(11)12)2-4(9)10/h3-5H,1-2H3,(H2,10,11);13H,1-2H2,(H,7,8)(H,9,10)(H,11,12). The third-order valence-electron chi connectivity index (χ3n) is 3.16. The summed E-state index contributed by atoms with van der Waals surface area (Å²) in [6.07, 6.45) is -2.29. The van der Waals surface area contributed by atoms with Crippen LogP contribution < -0.4 is 5.73 Å². The van der Waals surface area contributed by atoms with Gasteiger partial charge in [-0.05, 0) is 25.0 Å². The largest absolute Gasteiger partial charge is 0.481 e. The van der Waals surface area contributed by atoms with Crippen LogP contribution >= 0.6 is 12.2 Å². The molecule has 0 saturated heterocycles. The Morgan fingerprint density at radius 1 is 1.08 bits per heavy atom. The highest BCUT2D eigenvalue weighted by atomic mass is 32.1. The maximum absolute atomic E-state index is 10.3. The lowest BCUT2D eigenvalue weighted by atomic mass is 9.96. The number of hydrogen-bond acceptors (Lipinski definition) is 5. The number of hydrogen-bond donors (Lipinski definition) is 5. The molecule has 0 aliphatic rings. The van der Waals surface area contributed by atoms with E-state index >= 15 is 0 Å². The van der Waals surface area contributed by atoms with Crippen LogP contribution in [0.25, 0.3) is 0 Å². The van der Waals surface area contributed by atoms with E-state index in [1.54, 1.807) is 0 Å². The van der Waals surface area contributed by atoms with Crippen LogP contribution in [-0.2, 0) is 14.4 Å². The summed E-state index contributed by atoms with van der Waals surface area (Å²) in [6.45, 7) is 4.08. The Bertz CT molecular complexity index is 641. The molecule has 1 aromatic rings. The maximum atomic E-state index is 10.3. The molecule has 0 radical (unpaired) electrons. The summed E-state index contributed by atoms with van der Waals surface area (Å²) in [6, 6.07) is 5.97. The third-order valence-corrected chi connectivity index (χ3v) is 3.38. The first-order chi connectivity index (χ1) is 10.9. The van der Waals surface area contributed by atoms with Gasteiger partial charge in [0.05, 0.1) is 12.8 Å². The molecule has 0 heterocycles. The zero-order valence-corrected chi connectivity index (χ0v) is 14.0. The average Bonchev–Trinajstić information content (AvgIpc) is 2.40. The van der Waals surface area contributed by atoms with Crippen LogP contribution in [0.15, 0.2) is 18.2 Å². The molecule has 0 aliphatic carbocycles. The molecule has 0 saturated carbocycles. The van der Waals surface area contributed by atoms with E-state index in [-0.39, 0.29) is 0 Å². The smallest absolute Gasteiger partial charge is 0.336 e. The zero-order valence-electron chi connectivity index (χ0n) is 13.1. The van der Waals surface area contributed by atoms with Crippen molar-refractivity contribution in [1.82, 2.24) is 0 Å². The first-order valence-electron chi connectivity index (χ1n) is 6.66. The number of carboxylic acid groups (broad SMARTS) is 3. The third kappa shape index (κ3) is 6.71. The Hall–Kier alpha value is -2.52. The van der Waals surface area contributed by atoms with Crippen LogP contribution in [0.5, 0.6) is 0 Å². The molecular formula is C15H19NO7S. The number of thiocarbonyl (C=S) groups is 1. The molecule has 1 aromatic carbocycles. The summed E-state index contributed by atoms with van der Waals surface area (Å²) < 4.78 is 0. The minimum absolute atomic E-state index is 0.478. The second-order valence-electron chi connectivity index (χ2n) is 5.09. The monoisotopic (exact) mass is 357 g/mol. The van der Waals surface area contributed by atoms with E-state index in [2.05, 4.69) is 13.0 Å². The summed E-state index contributed by atoms with van der Waals surface area (Å²) in [7, 11) is 0. The lowest BCUT2D eigenvalue weighted by Crippen LogP contribution is -2.42. The SMILES string of the molecule is Cc1cccc(C(N)=S)c1C.O=C(O)CC(O)(CC(=O)O)C(=O)O. The van der Waals surface area contributed by atoms with Crippen LogP contribution in [0.4, 0.5) is 0 Å². The van der Waals surface area contributed by atoms with E-state index in [1.807, 2.05) is 19.1 Å². The van der Waals surface area contributed by atoms with Crippen LogP contribution in [0.1, 0.15) is 29.5 Å². The molecule has 0 spiro atoms. The van der Waals surface area contributed by atoms with Gasteiger partial charge in [0.2, 0.25) is 0 Å². The Balaban J connectivity index is 0.000000446. The maximum Gasteiger partial charge on any atom is 0.336 e. The predicted octanol–water partition coefficient (Wildman–Crippen LogP) is 0.689. The minimum atomic E-state index is -2.74. The van der Waals surface area contributed by atoms with E-state index in [0.717, 1.165) is 5.56 Å². The van der Waals surface area contributed by atoms with Gasteiger partial charge >= 0.3 is 17.9 Å². The van der Waals surface area contributed by atoms with Gasteiger partial charge in [0.15, 0.2) is 5.60 Å². The molecule has 0 aliphatic heterocycles. The number of aryl methyl sites for hydroxylation is 1. The highest BCUT2D eigenvalue weighted by molar-refractivity contribution is 7.80. The fourth-order valence-electron chi connectivity index (χ4n) is 1.73. The lowest BCUT2D eigenvalue weighted by Gasteiger charge is -2.18. The van der Waals surface area contributed by atoms with E-state index in [1.165, 1.54) is 11.1 Å². The molecule has 0 atom stereocenters. The quantitative estimate of drug-likeness (QED) is 0.462. The summed E-state index contributed by atoms with van der Waals surface area (Å²) in [5.74, 6) is -5.02. The number of rotatable bonds is 6. The Kier molecular flexibility index (Phi) is 8.00. The number of carboxylic acids is 3. The lowest BCUT2D eigenvalue weighted by molar-refractivity contribution is -0.170. The van der Waals surface area contributed by atoms with E-state index in [4.69, 9.17) is 38.4 Å². The van der Waals surface area contributed by atoms with Crippen molar-refractivity contribution in [2.75, 3.05) is 0 Å². The summed E-state index contributed by atoms with van der Waals surface area (Å²) in [4.78, 5) is 31.0. The average molecular weight is 357 g/mol. The van der Waals surface area contributed by atoms with E-state index < -0.39 is 36.4 Å². The number of carbonyl (C=O) groups is 3. The Morgan fingerprint density at radius 3 is 1.83 bits per heavy atom. The van der Waals surface area contributed by atoms with Gasteiger partial charge in [-0.15, -0.1) is 0 Å². The molecule has 6 N–H and O–H groups in total. The fourth-order valence-corrected chi connectivity index (χ4v) is 1.95. The van der Waals surface area contributed by atoms with Gasteiger partial charge in [-0.3, -0.25) is 9.59 Å². The van der Waals surface area contributed by atoms with E-state index in [0.29, 0.717) is 4.99 Å². The topological polar surface area (TPSA) is 158 Å². The van der Waals surface area contributed by atoms with E-state index in [9.17, 15) is 14.4 Å². The van der Waals surface area contributed by atoms with Crippen molar-refractivity contribution in [3.63, 3.8) is 0 Å². The van der Waals surface area contributed by atoms with Gasteiger partial charge in [0.25, 0.3) is 0 Å². The molecule has 24 heavy (non-hydrogen) atoms. The van der Waals surface area contributed by atoms with Crippen molar-refractivity contribution < 1.29 is 34.8 Å².